The van der Waals surface area contributed by atoms with Gasteiger partial charge in [0.15, 0.2) is 0 Å². The van der Waals surface area contributed by atoms with Crippen molar-refractivity contribution in [3.8, 4) is 0 Å². The number of carbonyl (C=O) groups excluding carboxylic acids is 1. The standard InChI is InChI=1S/C17H26N2O/c1-17(2,3)13-7-9-15(10-8-13)19-16(20)12-5-4-6-14(18)11-12/h7-10,12,14H,4-6,11,18H2,1-3H3,(H,19,20). The smallest absolute Gasteiger partial charge is 0.227 e. The number of benzene rings is 1. The summed E-state index contributed by atoms with van der Waals surface area (Å²) >= 11 is 0. The molecule has 1 aromatic carbocycles. The van der Waals surface area contributed by atoms with Crippen LogP contribution in [0.2, 0.25) is 0 Å². The molecule has 2 rings (SSSR count). The Kier molecular flexibility index (Phi) is 4.48. The molecule has 0 saturated heterocycles. The molecule has 0 spiro atoms. The third-order valence-corrected chi connectivity index (χ3v) is 4.10. The zero-order chi connectivity index (χ0) is 14.8. The van der Waals surface area contributed by atoms with E-state index in [0.29, 0.717) is 0 Å². The Balaban J connectivity index is 1.97. The molecule has 3 heteroatoms. The summed E-state index contributed by atoms with van der Waals surface area (Å²) in [7, 11) is 0. The Labute approximate surface area is 121 Å². The Morgan fingerprint density at radius 1 is 1.20 bits per heavy atom. The predicted molar refractivity (Wildman–Crippen MR) is 83.7 cm³/mol. The minimum atomic E-state index is 0.0704. The molecule has 0 radical (unpaired) electrons. The largest absolute Gasteiger partial charge is 0.328 e. The first kappa shape index (κ1) is 15.0. The van der Waals surface area contributed by atoms with Crippen LogP contribution in [-0.4, -0.2) is 11.9 Å². The van der Waals surface area contributed by atoms with Gasteiger partial charge in [-0.2, -0.15) is 0 Å². The van der Waals surface area contributed by atoms with E-state index in [-0.39, 0.29) is 23.3 Å². The topological polar surface area (TPSA) is 55.1 Å². The van der Waals surface area contributed by atoms with Crippen molar-refractivity contribution in [3.63, 3.8) is 0 Å². The summed E-state index contributed by atoms with van der Waals surface area (Å²) in [5, 5.41) is 3.02. The van der Waals surface area contributed by atoms with Crippen LogP contribution in [0.1, 0.15) is 52.0 Å². The molecule has 0 bridgehead atoms. The first-order chi connectivity index (χ1) is 9.36. The van der Waals surface area contributed by atoms with Crippen molar-refractivity contribution in [2.75, 3.05) is 5.32 Å². The molecule has 3 N–H and O–H groups in total. The van der Waals surface area contributed by atoms with Crippen molar-refractivity contribution >= 4 is 11.6 Å². The summed E-state index contributed by atoms with van der Waals surface area (Å²) in [6.07, 6.45) is 3.87. The Morgan fingerprint density at radius 3 is 2.40 bits per heavy atom. The van der Waals surface area contributed by atoms with Gasteiger partial charge in [0.1, 0.15) is 0 Å². The van der Waals surface area contributed by atoms with E-state index in [4.69, 9.17) is 5.73 Å². The van der Waals surface area contributed by atoms with Gasteiger partial charge in [0, 0.05) is 17.6 Å². The second-order valence-corrected chi connectivity index (χ2v) is 6.94. The lowest BCUT2D eigenvalue weighted by molar-refractivity contribution is -0.120. The molecule has 0 heterocycles. The maximum absolute atomic E-state index is 12.2. The summed E-state index contributed by atoms with van der Waals surface area (Å²) in [4.78, 5) is 12.2. The minimum Gasteiger partial charge on any atom is -0.328 e. The first-order valence-electron chi connectivity index (χ1n) is 7.53. The van der Waals surface area contributed by atoms with Gasteiger partial charge in [-0.3, -0.25) is 4.79 Å². The predicted octanol–water partition coefficient (Wildman–Crippen LogP) is 3.44. The van der Waals surface area contributed by atoms with Crippen LogP contribution in [-0.2, 0) is 10.2 Å². The molecule has 1 saturated carbocycles. The second kappa shape index (κ2) is 5.96. The van der Waals surface area contributed by atoms with Crippen molar-refractivity contribution in [1.29, 1.82) is 0 Å². The monoisotopic (exact) mass is 274 g/mol. The Bertz CT molecular complexity index is 459. The van der Waals surface area contributed by atoms with Gasteiger partial charge in [-0.15, -0.1) is 0 Å². The molecule has 110 valence electrons. The van der Waals surface area contributed by atoms with Crippen LogP contribution in [0.3, 0.4) is 0 Å². The maximum atomic E-state index is 12.2. The summed E-state index contributed by atoms with van der Waals surface area (Å²) in [6.45, 7) is 6.55. The zero-order valence-electron chi connectivity index (χ0n) is 12.8. The van der Waals surface area contributed by atoms with Crippen LogP contribution in [0.25, 0.3) is 0 Å². The van der Waals surface area contributed by atoms with E-state index in [0.717, 1.165) is 31.4 Å². The lowest BCUT2D eigenvalue weighted by Crippen LogP contribution is -2.34. The van der Waals surface area contributed by atoms with Crippen molar-refractivity contribution < 1.29 is 4.79 Å². The van der Waals surface area contributed by atoms with Gasteiger partial charge in [0.25, 0.3) is 0 Å². The second-order valence-electron chi connectivity index (χ2n) is 6.94. The van der Waals surface area contributed by atoms with Gasteiger partial charge in [0.05, 0.1) is 0 Å². The summed E-state index contributed by atoms with van der Waals surface area (Å²) in [6, 6.07) is 8.33. The number of hydrogen-bond donors (Lipinski definition) is 2. The number of nitrogens with two attached hydrogens (primary N) is 1. The fourth-order valence-corrected chi connectivity index (χ4v) is 2.76. The van der Waals surface area contributed by atoms with E-state index in [1.54, 1.807) is 0 Å². The highest BCUT2D eigenvalue weighted by Crippen LogP contribution is 2.26. The van der Waals surface area contributed by atoms with Crippen molar-refractivity contribution in [1.82, 2.24) is 0 Å². The van der Waals surface area contributed by atoms with Gasteiger partial charge >= 0.3 is 0 Å². The summed E-state index contributed by atoms with van der Waals surface area (Å²) < 4.78 is 0. The highest BCUT2D eigenvalue weighted by molar-refractivity contribution is 5.92. The number of rotatable bonds is 2. The van der Waals surface area contributed by atoms with Crippen LogP contribution >= 0.6 is 0 Å². The molecule has 0 aliphatic heterocycles. The number of anilines is 1. The lowest BCUT2D eigenvalue weighted by atomic mass is 9.85. The van der Waals surface area contributed by atoms with Gasteiger partial charge in [-0.05, 0) is 42.4 Å². The van der Waals surface area contributed by atoms with Crippen LogP contribution in [0, 0.1) is 5.92 Å². The van der Waals surface area contributed by atoms with E-state index in [2.05, 4.69) is 38.2 Å². The highest BCUT2D eigenvalue weighted by atomic mass is 16.1. The molecule has 3 nitrogen and oxygen atoms in total. The molecule has 1 fully saturated rings. The fraction of sp³-hybridized carbons (Fsp3) is 0.588. The molecule has 0 aromatic heterocycles. The van der Waals surface area contributed by atoms with Gasteiger partial charge in [-0.25, -0.2) is 0 Å². The molecule has 1 aliphatic carbocycles. The molecule has 2 unspecified atom stereocenters. The molecular formula is C17H26N2O. The quantitative estimate of drug-likeness (QED) is 0.868. The van der Waals surface area contributed by atoms with Crippen LogP contribution < -0.4 is 11.1 Å². The van der Waals surface area contributed by atoms with Gasteiger partial charge in [0.2, 0.25) is 5.91 Å². The number of carbonyl (C=O) groups is 1. The highest BCUT2D eigenvalue weighted by Gasteiger charge is 2.25. The van der Waals surface area contributed by atoms with Crippen LogP contribution in [0.5, 0.6) is 0 Å². The first-order valence-corrected chi connectivity index (χ1v) is 7.53. The number of nitrogens with one attached hydrogen (secondary N) is 1. The maximum Gasteiger partial charge on any atom is 0.227 e. The Morgan fingerprint density at radius 2 is 1.85 bits per heavy atom. The van der Waals surface area contributed by atoms with Crippen molar-refractivity contribution in [3.05, 3.63) is 29.8 Å². The van der Waals surface area contributed by atoms with Crippen LogP contribution in [0.4, 0.5) is 5.69 Å². The van der Waals surface area contributed by atoms with Crippen molar-refractivity contribution in [2.45, 2.75) is 57.9 Å². The SMILES string of the molecule is CC(C)(C)c1ccc(NC(=O)C2CCCC(N)C2)cc1. The number of amides is 1. The third-order valence-electron chi connectivity index (χ3n) is 4.10. The van der Waals surface area contributed by atoms with E-state index in [1.807, 2.05) is 12.1 Å². The average Bonchev–Trinajstić information content (AvgIpc) is 2.38. The van der Waals surface area contributed by atoms with E-state index < -0.39 is 0 Å². The van der Waals surface area contributed by atoms with E-state index in [1.165, 1.54) is 5.56 Å². The molecule has 2 atom stereocenters. The van der Waals surface area contributed by atoms with Crippen molar-refractivity contribution in [2.24, 2.45) is 11.7 Å². The molecular weight excluding hydrogens is 248 g/mol. The summed E-state index contributed by atoms with van der Waals surface area (Å²) in [5.41, 5.74) is 8.23. The summed E-state index contributed by atoms with van der Waals surface area (Å²) in [5.74, 6) is 0.185. The van der Waals surface area contributed by atoms with Gasteiger partial charge in [-0.1, -0.05) is 39.3 Å². The average molecular weight is 274 g/mol. The molecule has 1 amide bonds. The Hall–Kier alpha value is -1.35. The van der Waals surface area contributed by atoms with Crippen LogP contribution in [0.15, 0.2) is 24.3 Å². The number of hydrogen-bond acceptors (Lipinski definition) is 2. The third kappa shape index (κ3) is 3.83. The fourth-order valence-electron chi connectivity index (χ4n) is 2.76. The van der Waals surface area contributed by atoms with Gasteiger partial charge < -0.3 is 11.1 Å². The normalized spacial score (nSPS) is 23.4. The van der Waals surface area contributed by atoms with E-state index in [9.17, 15) is 4.79 Å². The minimum absolute atomic E-state index is 0.0704. The van der Waals surface area contributed by atoms with E-state index >= 15 is 0 Å². The lowest BCUT2D eigenvalue weighted by Gasteiger charge is -2.25. The molecule has 1 aromatic rings. The zero-order valence-corrected chi connectivity index (χ0v) is 12.8. The molecule has 1 aliphatic rings. The molecule has 20 heavy (non-hydrogen) atoms.